The van der Waals surface area contributed by atoms with Crippen LogP contribution in [0.2, 0.25) is 0 Å². The van der Waals surface area contributed by atoms with E-state index in [-0.39, 0.29) is 24.1 Å². The highest BCUT2D eigenvalue weighted by Gasteiger charge is 2.35. The number of alkyl halides is 3. The van der Waals surface area contributed by atoms with Crippen LogP contribution in [0.1, 0.15) is 49.1 Å². The average molecular weight is 429 g/mol. The van der Waals surface area contributed by atoms with Crippen molar-refractivity contribution in [3.05, 3.63) is 65.5 Å². The van der Waals surface area contributed by atoms with Crippen LogP contribution >= 0.6 is 0 Å². The number of amides is 1. The van der Waals surface area contributed by atoms with E-state index in [4.69, 9.17) is 4.52 Å². The molecule has 0 spiro atoms. The molecule has 1 aliphatic heterocycles. The van der Waals surface area contributed by atoms with Gasteiger partial charge in [0.05, 0.1) is 5.56 Å². The van der Waals surface area contributed by atoms with E-state index in [1.165, 1.54) is 17.7 Å². The van der Waals surface area contributed by atoms with Gasteiger partial charge in [-0.05, 0) is 54.8 Å². The zero-order valence-electron chi connectivity index (χ0n) is 17.0. The number of carbonyl (C=O) groups excluding carboxylic acids is 1. The minimum absolute atomic E-state index is 0.0211. The number of aryl methyl sites for hydroxylation is 1. The molecule has 1 amide bonds. The third-order valence-electron chi connectivity index (χ3n) is 5.46. The van der Waals surface area contributed by atoms with Gasteiger partial charge in [-0.3, -0.25) is 4.79 Å². The molecular formula is C23H22F3N3O2. The Morgan fingerprint density at radius 2 is 1.81 bits per heavy atom. The Balaban J connectivity index is 1.46. The lowest BCUT2D eigenvalue weighted by atomic mass is 10.1. The van der Waals surface area contributed by atoms with E-state index in [9.17, 15) is 18.0 Å². The first-order valence-corrected chi connectivity index (χ1v) is 10.3. The molecule has 0 aliphatic carbocycles. The van der Waals surface area contributed by atoms with Gasteiger partial charge in [0.25, 0.3) is 5.89 Å². The van der Waals surface area contributed by atoms with Crippen LogP contribution in [0.4, 0.5) is 18.9 Å². The van der Waals surface area contributed by atoms with Crippen LogP contribution in [0.5, 0.6) is 0 Å². The summed E-state index contributed by atoms with van der Waals surface area (Å²) in [6, 6.07) is 12.5. The van der Waals surface area contributed by atoms with Crippen molar-refractivity contribution in [1.29, 1.82) is 0 Å². The van der Waals surface area contributed by atoms with Gasteiger partial charge in [0.15, 0.2) is 5.82 Å². The van der Waals surface area contributed by atoms with Crippen LogP contribution in [0.25, 0.3) is 11.5 Å². The van der Waals surface area contributed by atoms with E-state index in [1.54, 1.807) is 4.90 Å². The third-order valence-corrected chi connectivity index (χ3v) is 5.46. The Morgan fingerprint density at radius 1 is 1.10 bits per heavy atom. The molecule has 0 radical (unpaired) electrons. The van der Waals surface area contributed by atoms with Crippen LogP contribution < -0.4 is 4.90 Å². The van der Waals surface area contributed by atoms with Crippen LogP contribution in [-0.2, 0) is 17.4 Å². The summed E-state index contributed by atoms with van der Waals surface area (Å²) in [6.45, 7) is 2.58. The normalized spacial score (nSPS) is 16.8. The van der Waals surface area contributed by atoms with E-state index in [0.717, 1.165) is 37.1 Å². The monoisotopic (exact) mass is 429 g/mol. The van der Waals surface area contributed by atoms with Gasteiger partial charge < -0.3 is 9.42 Å². The van der Waals surface area contributed by atoms with Crippen molar-refractivity contribution in [3.63, 3.8) is 0 Å². The zero-order chi connectivity index (χ0) is 22.0. The van der Waals surface area contributed by atoms with Crippen molar-refractivity contribution in [2.75, 3.05) is 11.4 Å². The summed E-state index contributed by atoms with van der Waals surface area (Å²) in [6.07, 6.45) is -0.872. The van der Waals surface area contributed by atoms with Gasteiger partial charge in [-0.2, -0.15) is 18.2 Å². The first kappa shape index (κ1) is 21.1. The Kier molecular flexibility index (Phi) is 5.80. The Labute approximate surface area is 177 Å². The minimum atomic E-state index is -4.40. The summed E-state index contributed by atoms with van der Waals surface area (Å²) in [5, 5.41) is 3.97. The topological polar surface area (TPSA) is 59.2 Å². The van der Waals surface area contributed by atoms with Gasteiger partial charge >= 0.3 is 6.18 Å². The van der Waals surface area contributed by atoms with E-state index in [1.807, 2.05) is 24.3 Å². The van der Waals surface area contributed by atoms with E-state index >= 15 is 0 Å². The smallest absolute Gasteiger partial charge is 0.334 e. The molecule has 0 N–H and O–H groups in total. The van der Waals surface area contributed by atoms with Crippen LogP contribution in [0.3, 0.4) is 0 Å². The Hall–Kier alpha value is -3.16. The van der Waals surface area contributed by atoms with E-state index in [0.29, 0.717) is 17.9 Å². The van der Waals surface area contributed by atoms with E-state index < -0.39 is 11.7 Å². The zero-order valence-corrected chi connectivity index (χ0v) is 17.0. The lowest BCUT2D eigenvalue weighted by Crippen LogP contribution is -2.24. The molecule has 1 atom stereocenters. The Bertz CT molecular complexity index is 1040. The van der Waals surface area contributed by atoms with Crippen molar-refractivity contribution in [2.24, 2.45) is 0 Å². The van der Waals surface area contributed by atoms with Crippen molar-refractivity contribution < 1.29 is 22.5 Å². The predicted octanol–water partition coefficient (Wildman–Crippen LogP) is 5.62. The number of hydrogen-bond acceptors (Lipinski definition) is 4. The fraction of sp³-hybridized carbons (Fsp3) is 0.348. The highest BCUT2D eigenvalue weighted by molar-refractivity contribution is 5.96. The molecule has 3 aromatic rings. The van der Waals surface area contributed by atoms with Gasteiger partial charge in [0.1, 0.15) is 0 Å². The molecule has 4 rings (SSSR count). The third kappa shape index (κ3) is 4.62. The molecule has 1 unspecified atom stereocenters. The summed E-state index contributed by atoms with van der Waals surface area (Å²) >= 11 is 0. The molecule has 31 heavy (non-hydrogen) atoms. The maximum atomic E-state index is 12.7. The fourth-order valence-corrected chi connectivity index (χ4v) is 3.67. The molecule has 1 aliphatic rings. The quantitative estimate of drug-likeness (QED) is 0.510. The maximum Gasteiger partial charge on any atom is 0.416 e. The van der Waals surface area contributed by atoms with Gasteiger partial charge in [-0.15, -0.1) is 0 Å². The summed E-state index contributed by atoms with van der Waals surface area (Å²) in [7, 11) is 0. The second-order valence-electron chi connectivity index (χ2n) is 7.71. The number of hydrogen-bond donors (Lipinski definition) is 0. The maximum absolute atomic E-state index is 12.7. The molecule has 162 valence electrons. The van der Waals surface area contributed by atoms with Gasteiger partial charge in [0.2, 0.25) is 5.91 Å². The number of aromatic nitrogens is 2. The van der Waals surface area contributed by atoms with Crippen molar-refractivity contribution in [1.82, 2.24) is 10.1 Å². The molecule has 8 heteroatoms. The highest BCUT2D eigenvalue weighted by atomic mass is 19.4. The predicted molar refractivity (Wildman–Crippen MR) is 110 cm³/mol. The summed E-state index contributed by atoms with van der Waals surface area (Å²) < 4.78 is 43.4. The van der Waals surface area contributed by atoms with Crippen molar-refractivity contribution >= 4 is 11.6 Å². The minimum Gasteiger partial charge on any atom is -0.334 e. The number of benzene rings is 2. The van der Waals surface area contributed by atoms with Gasteiger partial charge in [0, 0.05) is 30.1 Å². The van der Waals surface area contributed by atoms with Crippen LogP contribution in [0, 0.1) is 0 Å². The summed E-state index contributed by atoms with van der Waals surface area (Å²) in [5.41, 5.74) is 1.73. The molecule has 1 aromatic heterocycles. The SMILES string of the molecule is CCCCc1ccc(N2CC(c3noc(-c4ccc(C(F)(F)F)cc4)n3)CC2=O)cc1. The largest absolute Gasteiger partial charge is 0.416 e. The van der Waals surface area contributed by atoms with Gasteiger partial charge in [-0.25, -0.2) is 0 Å². The molecule has 1 fully saturated rings. The second kappa shape index (κ2) is 8.53. The number of unbranched alkanes of at least 4 members (excludes halogenated alkanes) is 1. The summed E-state index contributed by atoms with van der Waals surface area (Å²) in [4.78, 5) is 18.6. The first-order valence-electron chi connectivity index (χ1n) is 10.3. The highest BCUT2D eigenvalue weighted by Crippen LogP contribution is 2.33. The first-order chi connectivity index (χ1) is 14.8. The molecule has 0 saturated carbocycles. The van der Waals surface area contributed by atoms with Gasteiger partial charge in [-0.1, -0.05) is 30.6 Å². The average Bonchev–Trinajstić information content (AvgIpc) is 3.39. The molecule has 5 nitrogen and oxygen atoms in total. The van der Waals surface area contributed by atoms with Crippen molar-refractivity contribution in [2.45, 2.75) is 44.7 Å². The standard InChI is InChI=1S/C23H22F3N3O2/c1-2-3-4-15-5-11-19(12-6-15)29-14-17(13-20(29)30)21-27-22(31-28-21)16-7-9-18(10-8-16)23(24,25)26/h5-12,17H,2-4,13-14H2,1H3. The molecular weight excluding hydrogens is 407 g/mol. The van der Waals surface area contributed by atoms with E-state index in [2.05, 4.69) is 17.1 Å². The second-order valence-corrected chi connectivity index (χ2v) is 7.71. The number of anilines is 1. The molecule has 2 heterocycles. The molecule has 2 aromatic carbocycles. The number of carbonyl (C=O) groups is 1. The molecule has 0 bridgehead atoms. The molecule has 1 saturated heterocycles. The number of halogens is 3. The lowest BCUT2D eigenvalue weighted by Gasteiger charge is -2.16. The summed E-state index contributed by atoms with van der Waals surface area (Å²) in [5.74, 6) is 0.256. The number of nitrogens with zero attached hydrogens (tertiary/aromatic N) is 3. The lowest BCUT2D eigenvalue weighted by molar-refractivity contribution is -0.137. The Morgan fingerprint density at radius 3 is 2.45 bits per heavy atom. The van der Waals surface area contributed by atoms with Crippen molar-refractivity contribution in [3.8, 4) is 11.5 Å². The van der Waals surface area contributed by atoms with Crippen LogP contribution in [-0.4, -0.2) is 22.6 Å². The fourth-order valence-electron chi connectivity index (χ4n) is 3.67. The number of rotatable bonds is 6. The van der Waals surface area contributed by atoms with Crippen LogP contribution in [0.15, 0.2) is 53.1 Å².